The predicted molar refractivity (Wildman–Crippen MR) is 68.7 cm³/mol. The highest BCUT2D eigenvalue weighted by Crippen LogP contribution is 2.25. The molecule has 0 fully saturated rings. The molecule has 0 saturated heterocycles. The molecule has 0 amide bonds. The lowest BCUT2D eigenvalue weighted by Gasteiger charge is -2.13. The number of allylic oxidation sites excluding steroid dienone is 1. The molecular weight excluding hydrogens is 198 g/mol. The first-order valence-electron chi connectivity index (χ1n) is 5.63. The molecule has 2 heteroatoms. The monoisotopic (exact) mass is 219 g/mol. The first-order valence-corrected chi connectivity index (χ1v) is 5.63. The summed E-state index contributed by atoms with van der Waals surface area (Å²) >= 11 is 0. The maximum absolute atomic E-state index is 5.90. The fraction of sp³-hybridized carbons (Fsp3) is 0.429. The largest absolute Gasteiger partial charge is 0.489 e. The van der Waals surface area contributed by atoms with Gasteiger partial charge in [-0.05, 0) is 45.4 Å². The molecule has 1 rings (SSSR count). The molecule has 88 valence electrons. The van der Waals surface area contributed by atoms with Crippen LogP contribution in [0.5, 0.6) is 5.75 Å². The van der Waals surface area contributed by atoms with Gasteiger partial charge in [0.05, 0.1) is 0 Å². The Morgan fingerprint density at radius 1 is 1.44 bits per heavy atom. The topological polar surface area (TPSA) is 35.2 Å². The second-order valence-corrected chi connectivity index (χ2v) is 4.42. The molecule has 16 heavy (non-hydrogen) atoms. The molecular formula is C14H21NO. The molecule has 0 aliphatic carbocycles. The minimum atomic E-state index is 0.00213. The van der Waals surface area contributed by atoms with E-state index in [9.17, 15) is 0 Å². The number of nitrogens with two attached hydrogens (primary N) is 1. The zero-order valence-corrected chi connectivity index (χ0v) is 10.6. The molecule has 1 aromatic rings. The number of rotatable bonds is 4. The number of aryl methyl sites for hydroxylation is 1. The van der Waals surface area contributed by atoms with E-state index in [0.29, 0.717) is 6.61 Å². The van der Waals surface area contributed by atoms with Crippen LogP contribution in [0, 0.1) is 6.92 Å². The van der Waals surface area contributed by atoms with Gasteiger partial charge in [0.15, 0.2) is 0 Å². The van der Waals surface area contributed by atoms with E-state index in [1.807, 2.05) is 19.1 Å². The molecule has 1 aromatic carbocycles. The van der Waals surface area contributed by atoms with Crippen molar-refractivity contribution < 1.29 is 4.74 Å². The zero-order valence-electron chi connectivity index (χ0n) is 10.6. The Morgan fingerprint density at radius 3 is 2.69 bits per heavy atom. The lowest BCUT2D eigenvalue weighted by Crippen LogP contribution is -2.08. The third-order valence-electron chi connectivity index (χ3n) is 2.39. The smallest absolute Gasteiger partial charge is 0.124 e. The maximum Gasteiger partial charge on any atom is 0.124 e. The van der Waals surface area contributed by atoms with Gasteiger partial charge in [-0.25, -0.2) is 0 Å². The molecule has 0 aliphatic rings. The molecule has 0 aromatic heterocycles. The first-order chi connectivity index (χ1) is 7.50. The van der Waals surface area contributed by atoms with E-state index in [2.05, 4.69) is 32.9 Å². The van der Waals surface area contributed by atoms with Gasteiger partial charge in [-0.2, -0.15) is 0 Å². The van der Waals surface area contributed by atoms with Crippen LogP contribution in [0.15, 0.2) is 29.8 Å². The van der Waals surface area contributed by atoms with Gasteiger partial charge in [0.1, 0.15) is 12.4 Å². The summed E-state index contributed by atoms with van der Waals surface area (Å²) in [4.78, 5) is 0. The van der Waals surface area contributed by atoms with E-state index in [0.717, 1.165) is 11.3 Å². The Balaban J connectivity index is 2.84. The van der Waals surface area contributed by atoms with E-state index >= 15 is 0 Å². The highest BCUT2D eigenvalue weighted by molar-refractivity contribution is 5.39. The Morgan fingerprint density at radius 2 is 2.12 bits per heavy atom. The Bertz CT molecular complexity index is 376. The van der Waals surface area contributed by atoms with Gasteiger partial charge in [-0.1, -0.05) is 17.7 Å². The van der Waals surface area contributed by atoms with Gasteiger partial charge in [0.2, 0.25) is 0 Å². The molecule has 2 nitrogen and oxygen atoms in total. The molecule has 0 aliphatic heterocycles. The molecule has 0 unspecified atom stereocenters. The van der Waals surface area contributed by atoms with Crippen LogP contribution >= 0.6 is 0 Å². The summed E-state index contributed by atoms with van der Waals surface area (Å²) in [5, 5.41) is 0. The maximum atomic E-state index is 5.90. The van der Waals surface area contributed by atoms with Crippen LogP contribution in [0.4, 0.5) is 0 Å². The fourth-order valence-electron chi connectivity index (χ4n) is 1.44. The normalized spacial score (nSPS) is 12.1. The summed E-state index contributed by atoms with van der Waals surface area (Å²) in [6, 6.07) is 6.14. The van der Waals surface area contributed by atoms with Crippen molar-refractivity contribution in [3.8, 4) is 5.75 Å². The van der Waals surface area contributed by atoms with Crippen LogP contribution in [-0.2, 0) is 0 Å². The minimum absolute atomic E-state index is 0.00213. The number of hydrogen-bond donors (Lipinski definition) is 1. The van der Waals surface area contributed by atoms with Gasteiger partial charge < -0.3 is 10.5 Å². The standard InChI is InChI=1S/C14H21NO/c1-10(2)7-8-16-14-9-11(3)5-6-13(14)12(4)15/h5-7,9,12H,8,15H2,1-4H3/t12-/m1/s1. The van der Waals surface area contributed by atoms with Crippen molar-refractivity contribution in [1.29, 1.82) is 0 Å². The van der Waals surface area contributed by atoms with Crippen LogP contribution in [0.1, 0.15) is 37.9 Å². The summed E-state index contributed by atoms with van der Waals surface area (Å²) in [6.45, 7) is 8.75. The quantitative estimate of drug-likeness (QED) is 0.788. The summed E-state index contributed by atoms with van der Waals surface area (Å²) in [5.74, 6) is 0.896. The van der Waals surface area contributed by atoms with Crippen LogP contribution in [0.25, 0.3) is 0 Å². The lowest BCUT2D eigenvalue weighted by atomic mass is 10.1. The zero-order chi connectivity index (χ0) is 12.1. The van der Waals surface area contributed by atoms with Gasteiger partial charge in [0.25, 0.3) is 0 Å². The van der Waals surface area contributed by atoms with Gasteiger partial charge >= 0.3 is 0 Å². The van der Waals surface area contributed by atoms with Crippen molar-refractivity contribution in [2.24, 2.45) is 5.73 Å². The van der Waals surface area contributed by atoms with Gasteiger partial charge in [-0.3, -0.25) is 0 Å². The van der Waals surface area contributed by atoms with Crippen molar-refractivity contribution in [2.45, 2.75) is 33.7 Å². The van der Waals surface area contributed by atoms with Crippen LogP contribution in [0.2, 0.25) is 0 Å². The molecule has 2 N–H and O–H groups in total. The van der Waals surface area contributed by atoms with E-state index in [-0.39, 0.29) is 6.04 Å². The Labute approximate surface area is 98.1 Å². The van der Waals surface area contributed by atoms with Crippen molar-refractivity contribution >= 4 is 0 Å². The van der Waals surface area contributed by atoms with E-state index in [4.69, 9.17) is 10.5 Å². The average Bonchev–Trinajstić information content (AvgIpc) is 2.16. The molecule has 0 saturated carbocycles. The third kappa shape index (κ3) is 3.70. The first kappa shape index (κ1) is 12.8. The number of benzene rings is 1. The van der Waals surface area contributed by atoms with Crippen molar-refractivity contribution in [3.63, 3.8) is 0 Å². The number of ether oxygens (including phenoxy) is 1. The lowest BCUT2D eigenvalue weighted by molar-refractivity contribution is 0.355. The molecule has 1 atom stereocenters. The van der Waals surface area contributed by atoms with Crippen LogP contribution in [-0.4, -0.2) is 6.61 Å². The van der Waals surface area contributed by atoms with Gasteiger partial charge in [-0.15, -0.1) is 0 Å². The Kier molecular flexibility index (Phi) is 4.56. The van der Waals surface area contributed by atoms with Gasteiger partial charge in [0, 0.05) is 11.6 Å². The van der Waals surface area contributed by atoms with Crippen molar-refractivity contribution in [1.82, 2.24) is 0 Å². The Hall–Kier alpha value is -1.28. The molecule has 0 heterocycles. The minimum Gasteiger partial charge on any atom is -0.489 e. The summed E-state index contributed by atoms with van der Waals surface area (Å²) in [7, 11) is 0. The van der Waals surface area contributed by atoms with E-state index in [1.54, 1.807) is 0 Å². The molecule has 0 radical (unpaired) electrons. The summed E-state index contributed by atoms with van der Waals surface area (Å²) in [5.41, 5.74) is 9.41. The van der Waals surface area contributed by atoms with Crippen molar-refractivity contribution in [2.75, 3.05) is 6.61 Å². The van der Waals surface area contributed by atoms with Crippen molar-refractivity contribution in [3.05, 3.63) is 41.0 Å². The SMILES string of the molecule is CC(C)=CCOc1cc(C)ccc1[C@@H](C)N. The molecule has 0 spiro atoms. The predicted octanol–water partition coefficient (Wildman–Crippen LogP) is 3.36. The average molecular weight is 219 g/mol. The van der Waals surface area contributed by atoms with E-state index in [1.165, 1.54) is 11.1 Å². The summed E-state index contributed by atoms with van der Waals surface area (Å²) in [6.07, 6.45) is 2.06. The third-order valence-corrected chi connectivity index (χ3v) is 2.39. The highest BCUT2D eigenvalue weighted by atomic mass is 16.5. The number of hydrogen-bond acceptors (Lipinski definition) is 2. The highest BCUT2D eigenvalue weighted by Gasteiger charge is 2.07. The van der Waals surface area contributed by atoms with E-state index < -0.39 is 0 Å². The van der Waals surface area contributed by atoms with Crippen LogP contribution < -0.4 is 10.5 Å². The second kappa shape index (κ2) is 5.71. The van der Waals surface area contributed by atoms with Crippen LogP contribution in [0.3, 0.4) is 0 Å². The fourth-order valence-corrected chi connectivity index (χ4v) is 1.44. The summed E-state index contributed by atoms with van der Waals surface area (Å²) < 4.78 is 5.73. The molecule has 0 bridgehead atoms. The second-order valence-electron chi connectivity index (χ2n) is 4.42.